The average Bonchev–Trinajstić information content (AvgIpc) is 3.49. The standard InChI is InChI=1S/C32H16N6/c33-17-20-9-11-29-25(13-20)23-5-1-3-7-27(23)37(29)31-15-22(19-35)16-32(36-31)38-28-8-4-2-6-24(28)26-14-21(18-34)10-12-30(26)38/h1-16H. The first-order valence-electron chi connectivity index (χ1n) is 12.0. The first-order valence-corrected chi connectivity index (χ1v) is 12.0. The normalized spacial score (nSPS) is 11.1. The second-order valence-electron chi connectivity index (χ2n) is 9.08. The molecule has 0 saturated carbocycles. The molecule has 7 aromatic rings. The highest BCUT2D eigenvalue weighted by molar-refractivity contribution is 6.10. The van der Waals surface area contributed by atoms with Crippen LogP contribution in [0.4, 0.5) is 0 Å². The van der Waals surface area contributed by atoms with Crippen LogP contribution in [0, 0.1) is 34.0 Å². The van der Waals surface area contributed by atoms with Crippen molar-refractivity contribution in [2.75, 3.05) is 0 Å². The number of para-hydroxylation sites is 2. The van der Waals surface area contributed by atoms with Gasteiger partial charge in [0.2, 0.25) is 0 Å². The highest BCUT2D eigenvalue weighted by Gasteiger charge is 2.18. The van der Waals surface area contributed by atoms with E-state index in [0.29, 0.717) is 28.3 Å². The minimum absolute atomic E-state index is 0.476. The van der Waals surface area contributed by atoms with Crippen LogP contribution in [0.15, 0.2) is 97.1 Å². The Hall–Kier alpha value is -5.90. The van der Waals surface area contributed by atoms with Gasteiger partial charge in [0.15, 0.2) is 0 Å². The Balaban J connectivity index is 1.58. The van der Waals surface area contributed by atoms with Gasteiger partial charge < -0.3 is 0 Å². The molecule has 0 N–H and O–H groups in total. The van der Waals surface area contributed by atoms with Crippen LogP contribution in [-0.2, 0) is 0 Å². The fraction of sp³-hybridized carbons (Fsp3) is 0. The maximum absolute atomic E-state index is 10.0. The fourth-order valence-corrected chi connectivity index (χ4v) is 5.37. The molecule has 0 bridgehead atoms. The summed E-state index contributed by atoms with van der Waals surface area (Å²) in [6, 6.07) is 37.6. The lowest BCUT2D eigenvalue weighted by Gasteiger charge is -2.12. The predicted octanol–water partition coefficient (Wildman–Crippen LogP) is 6.89. The van der Waals surface area contributed by atoms with Gasteiger partial charge in [-0.15, -0.1) is 0 Å². The highest BCUT2D eigenvalue weighted by Crippen LogP contribution is 2.35. The summed E-state index contributed by atoms with van der Waals surface area (Å²) in [5.41, 5.74) is 5.33. The summed E-state index contributed by atoms with van der Waals surface area (Å²) in [4.78, 5) is 5.10. The summed E-state index contributed by atoms with van der Waals surface area (Å²) in [5.74, 6) is 1.21. The molecule has 7 rings (SSSR count). The molecule has 0 aliphatic rings. The summed E-state index contributed by atoms with van der Waals surface area (Å²) in [6.07, 6.45) is 0. The molecule has 0 radical (unpaired) electrons. The summed E-state index contributed by atoms with van der Waals surface area (Å²) < 4.78 is 4.08. The Bertz CT molecular complexity index is 2080. The molecule has 3 aromatic heterocycles. The quantitative estimate of drug-likeness (QED) is 0.267. The molecule has 0 amide bonds. The third-order valence-electron chi connectivity index (χ3n) is 6.99. The van der Waals surface area contributed by atoms with E-state index in [4.69, 9.17) is 4.98 Å². The molecule has 0 saturated heterocycles. The summed E-state index contributed by atoms with van der Waals surface area (Å²) >= 11 is 0. The lowest BCUT2D eigenvalue weighted by Crippen LogP contribution is -2.04. The Morgan fingerprint density at radius 1 is 0.447 bits per heavy atom. The predicted molar refractivity (Wildman–Crippen MR) is 147 cm³/mol. The van der Waals surface area contributed by atoms with Gasteiger partial charge in [0.05, 0.1) is 57.0 Å². The largest absolute Gasteiger partial charge is 0.294 e. The van der Waals surface area contributed by atoms with E-state index < -0.39 is 0 Å². The van der Waals surface area contributed by atoms with Crippen molar-refractivity contribution in [3.63, 3.8) is 0 Å². The van der Waals surface area contributed by atoms with Crippen molar-refractivity contribution in [3.05, 3.63) is 114 Å². The van der Waals surface area contributed by atoms with E-state index in [0.717, 1.165) is 43.6 Å². The van der Waals surface area contributed by atoms with Crippen LogP contribution < -0.4 is 0 Å². The molecule has 3 heterocycles. The van der Waals surface area contributed by atoms with Gasteiger partial charge >= 0.3 is 0 Å². The molecule has 0 aliphatic heterocycles. The van der Waals surface area contributed by atoms with Gasteiger partial charge in [0, 0.05) is 21.5 Å². The van der Waals surface area contributed by atoms with Gasteiger partial charge in [-0.25, -0.2) is 4.98 Å². The first kappa shape index (κ1) is 21.4. The van der Waals surface area contributed by atoms with E-state index in [1.807, 2.05) is 81.9 Å². The number of pyridine rings is 1. The monoisotopic (exact) mass is 484 g/mol. The molecule has 0 fully saturated rings. The zero-order chi connectivity index (χ0) is 25.8. The number of hydrogen-bond acceptors (Lipinski definition) is 4. The van der Waals surface area contributed by atoms with Crippen LogP contribution in [0.25, 0.3) is 55.2 Å². The van der Waals surface area contributed by atoms with Crippen molar-refractivity contribution in [3.8, 4) is 29.8 Å². The summed E-state index contributed by atoms with van der Waals surface area (Å²) in [6.45, 7) is 0. The molecule has 38 heavy (non-hydrogen) atoms. The molecule has 174 valence electrons. The van der Waals surface area contributed by atoms with Crippen LogP contribution in [0.5, 0.6) is 0 Å². The molecule has 6 heteroatoms. The summed E-state index contributed by atoms with van der Waals surface area (Å²) in [5, 5.41) is 32.9. The lowest BCUT2D eigenvalue weighted by atomic mass is 10.1. The van der Waals surface area contributed by atoms with Gasteiger partial charge in [-0.2, -0.15) is 15.8 Å². The molecule has 0 aliphatic carbocycles. The Morgan fingerprint density at radius 2 is 0.868 bits per heavy atom. The van der Waals surface area contributed by atoms with Gasteiger partial charge in [-0.05, 0) is 60.7 Å². The Morgan fingerprint density at radius 3 is 1.32 bits per heavy atom. The smallest absolute Gasteiger partial charge is 0.141 e. The second kappa shape index (κ2) is 8.07. The van der Waals surface area contributed by atoms with E-state index >= 15 is 0 Å². The minimum atomic E-state index is 0.476. The number of nitriles is 3. The number of benzene rings is 4. The number of aromatic nitrogens is 3. The lowest BCUT2D eigenvalue weighted by molar-refractivity contribution is 1.01. The maximum atomic E-state index is 10.0. The molecule has 0 atom stereocenters. The number of hydrogen-bond donors (Lipinski definition) is 0. The van der Waals surface area contributed by atoms with E-state index in [2.05, 4.69) is 18.2 Å². The first-order chi connectivity index (χ1) is 18.7. The van der Waals surface area contributed by atoms with Crippen LogP contribution in [0.3, 0.4) is 0 Å². The van der Waals surface area contributed by atoms with E-state index in [1.165, 1.54) is 0 Å². The van der Waals surface area contributed by atoms with Crippen molar-refractivity contribution in [2.24, 2.45) is 0 Å². The SMILES string of the molecule is N#Cc1cc(-n2c3ccccc3c3cc(C#N)ccc32)nc(-n2c3ccccc3c3cc(C#N)ccc32)c1. The number of rotatable bonds is 2. The van der Waals surface area contributed by atoms with E-state index in [9.17, 15) is 15.8 Å². The van der Waals surface area contributed by atoms with Crippen molar-refractivity contribution in [1.29, 1.82) is 15.8 Å². The molecule has 0 spiro atoms. The highest BCUT2D eigenvalue weighted by atomic mass is 15.1. The van der Waals surface area contributed by atoms with Crippen LogP contribution in [-0.4, -0.2) is 14.1 Å². The fourth-order valence-electron chi connectivity index (χ4n) is 5.37. The molecular weight excluding hydrogens is 468 g/mol. The molecule has 0 unspecified atom stereocenters. The average molecular weight is 485 g/mol. The molecule has 6 nitrogen and oxygen atoms in total. The second-order valence-corrected chi connectivity index (χ2v) is 9.08. The van der Waals surface area contributed by atoms with Crippen LogP contribution in [0.2, 0.25) is 0 Å². The van der Waals surface area contributed by atoms with Crippen molar-refractivity contribution in [2.45, 2.75) is 0 Å². The Labute approximate surface area is 217 Å². The third kappa shape index (κ3) is 3.00. The molecular formula is C32H16N6. The number of nitrogens with zero attached hydrogens (tertiary/aromatic N) is 6. The topological polar surface area (TPSA) is 94.1 Å². The van der Waals surface area contributed by atoms with Gasteiger partial charge in [-0.3, -0.25) is 9.13 Å². The van der Waals surface area contributed by atoms with Gasteiger partial charge in [0.1, 0.15) is 11.6 Å². The van der Waals surface area contributed by atoms with Crippen molar-refractivity contribution >= 4 is 43.6 Å². The van der Waals surface area contributed by atoms with Gasteiger partial charge in [0.25, 0.3) is 0 Å². The van der Waals surface area contributed by atoms with Crippen molar-refractivity contribution in [1.82, 2.24) is 14.1 Å². The zero-order valence-corrected chi connectivity index (χ0v) is 19.9. The van der Waals surface area contributed by atoms with Crippen LogP contribution >= 0.6 is 0 Å². The van der Waals surface area contributed by atoms with Gasteiger partial charge in [-0.1, -0.05) is 36.4 Å². The minimum Gasteiger partial charge on any atom is -0.294 e. The third-order valence-corrected chi connectivity index (χ3v) is 6.99. The van der Waals surface area contributed by atoms with E-state index in [1.54, 1.807) is 24.3 Å². The summed E-state index contributed by atoms with van der Waals surface area (Å²) in [7, 11) is 0. The van der Waals surface area contributed by atoms with Crippen molar-refractivity contribution < 1.29 is 0 Å². The maximum Gasteiger partial charge on any atom is 0.141 e. The molecule has 4 aromatic carbocycles. The number of fused-ring (bicyclic) bond motifs is 6. The van der Waals surface area contributed by atoms with E-state index in [-0.39, 0.29) is 0 Å². The zero-order valence-electron chi connectivity index (χ0n) is 19.9. The Kier molecular flexibility index (Phi) is 4.54. The van der Waals surface area contributed by atoms with Crippen LogP contribution in [0.1, 0.15) is 16.7 Å².